The van der Waals surface area contributed by atoms with Gasteiger partial charge >= 0.3 is 45.8 Å². The summed E-state index contributed by atoms with van der Waals surface area (Å²) in [5.74, 6) is 0. The van der Waals surface area contributed by atoms with Gasteiger partial charge in [0.25, 0.3) is 0 Å². The predicted molar refractivity (Wildman–Crippen MR) is 35.6 cm³/mol. The van der Waals surface area contributed by atoms with Gasteiger partial charge in [0.15, 0.2) is 0 Å². The van der Waals surface area contributed by atoms with Crippen LogP contribution >= 0.6 is 10.4 Å². The first kappa shape index (κ1) is 6.78. The van der Waals surface area contributed by atoms with E-state index in [2.05, 4.69) is 18.3 Å². The Bertz CT molecular complexity index is 71.6. The van der Waals surface area contributed by atoms with Gasteiger partial charge in [-0.05, 0) is 0 Å². The van der Waals surface area contributed by atoms with Gasteiger partial charge < -0.3 is 0 Å². The Kier molecular flexibility index (Phi) is 2.46. The van der Waals surface area contributed by atoms with E-state index >= 15 is 0 Å². The molecule has 0 atom stereocenters. The van der Waals surface area contributed by atoms with Crippen LogP contribution in [0, 0.1) is 0 Å². The van der Waals surface area contributed by atoms with Crippen molar-refractivity contribution < 1.29 is 0 Å². The fraction of sp³-hybridized carbons (Fsp3) is 1.00. The van der Waals surface area contributed by atoms with E-state index in [9.17, 15) is 0 Å². The van der Waals surface area contributed by atoms with Crippen molar-refractivity contribution in [3.05, 3.63) is 0 Å². The van der Waals surface area contributed by atoms with Gasteiger partial charge in [-0.15, -0.1) is 0 Å². The van der Waals surface area contributed by atoms with Gasteiger partial charge in [0, 0.05) is 0 Å². The van der Waals surface area contributed by atoms with E-state index in [4.69, 9.17) is 10.4 Å². The minimum atomic E-state index is -1.33. The minimum absolute atomic E-state index is 1.26. The second-order valence-corrected chi connectivity index (χ2v) is 15.0. The molecule has 0 heterocycles. The van der Waals surface area contributed by atoms with Crippen molar-refractivity contribution >= 4 is 22.3 Å². The summed E-state index contributed by atoms with van der Waals surface area (Å²) in [6, 6.07) is 0. The summed E-state index contributed by atoms with van der Waals surface area (Å²) in [6.07, 6.45) is 0. The summed E-state index contributed by atoms with van der Waals surface area (Å²) in [4.78, 5) is 0. The third kappa shape index (κ3) is 4.78. The van der Waals surface area contributed by atoms with Gasteiger partial charge in [-0.25, -0.2) is 0 Å². The van der Waals surface area contributed by atoms with Crippen molar-refractivity contribution in [3.8, 4) is 0 Å². The van der Waals surface area contributed by atoms with Gasteiger partial charge in [0.1, 0.15) is 0 Å². The first-order chi connectivity index (χ1) is 2.56. The normalized spacial score (nSPS) is 11.8. The molecule has 0 fully saturated rings. The van der Waals surface area contributed by atoms with Crippen LogP contribution in [0.25, 0.3) is 0 Å². The zero-order valence-corrected chi connectivity index (χ0v) is 7.26. The maximum absolute atomic E-state index is 5.16. The molecule has 0 amide bonds. The van der Waals surface area contributed by atoms with E-state index in [1.807, 2.05) is 0 Å². The van der Waals surface area contributed by atoms with E-state index in [1.165, 1.54) is 5.21 Å². The Balaban J connectivity index is 3.48. The molecule has 0 aromatic carbocycles. The first-order valence-electron chi connectivity index (χ1n) is 2.10. The monoisotopic (exact) mass is 166 g/mol. The number of rotatable bonds is 1. The van der Waals surface area contributed by atoms with E-state index in [0.717, 1.165) is 0 Å². The van der Waals surface area contributed by atoms with Crippen LogP contribution in [0.1, 0.15) is 6.92 Å². The Morgan fingerprint density at radius 1 is 1.50 bits per heavy atom. The molecule has 0 aromatic rings. The van der Waals surface area contributed by atoms with Crippen LogP contribution in [0.3, 0.4) is 0 Å². The molecule has 38 valence electrons. The van der Waals surface area contributed by atoms with Crippen molar-refractivity contribution in [3.63, 3.8) is 0 Å². The average Bonchev–Trinajstić information content (AvgIpc) is 1.35. The topological polar surface area (TPSA) is 0 Å². The second kappa shape index (κ2) is 2.18. The molecule has 0 N–H and O–H groups in total. The third-order valence-electron chi connectivity index (χ3n) is 0.762. The molecule has 0 unspecified atom stereocenters. The van der Waals surface area contributed by atoms with Gasteiger partial charge in [-0.2, -0.15) is 0 Å². The summed E-state index contributed by atoms with van der Waals surface area (Å²) >= 11 is -1.33. The van der Waals surface area contributed by atoms with Crippen molar-refractivity contribution in [2.24, 2.45) is 0 Å². The quantitative estimate of drug-likeness (QED) is 0.539. The molecular weight excluding hydrogens is 155 g/mol. The predicted octanol–water partition coefficient (Wildman–Crippen LogP) is 2.41. The fourth-order valence-corrected chi connectivity index (χ4v) is 0. The van der Waals surface area contributed by atoms with Crippen molar-refractivity contribution in [2.45, 2.75) is 23.6 Å². The summed E-state index contributed by atoms with van der Waals surface area (Å²) in [5, 5.41) is 1.26. The van der Waals surface area contributed by atoms with E-state index in [1.54, 1.807) is 0 Å². The fourth-order valence-electron chi connectivity index (χ4n) is 0. The SMILES string of the molecule is CC[As](C)(C)=S. The van der Waals surface area contributed by atoms with Crippen molar-refractivity contribution in [2.75, 3.05) is 0 Å². The molecule has 0 aliphatic heterocycles. The Hall–Kier alpha value is 0.778. The van der Waals surface area contributed by atoms with Crippen LogP contribution in [-0.2, 0) is 0 Å². The second-order valence-electron chi connectivity index (χ2n) is 1.89. The zero-order chi connectivity index (χ0) is 5.21. The van der Waals surface area contributed by atoms with Crippen molar-refractivity contribution in [1.29, 1.82) is 0 Å². The van der Waals surface area contributed by atoms with Crippen LogP contribution in [0.2, 0.25) is 16.6 Å². The summed E-state index contributed by atoms with van der Waals surface area (Å²) in [7, 11) is 5.16. The summed E-state index contributed by atoms with van der Waals surface area (Å²) < 4.78 is 0. The molecule has 0 saturated carbocycles. The van der Waals surface area contributed by atoms with Crippen LogP contribution in [0.15, 0.2) is 0 Å². The molecule has 0 aromatic heterocycles. The van der Waals surface area contributed by atoms with Gasteiger partial charge in [0.2, 0.25) is 0 Å². The third-order valence-corrected chi connectivity index (χ3v) is 5.30. The maximum atomic E-state index is 5.16. The molecule has 0 nitrogen and oxygen atoms in total. The average molecular weight is 166 g/mol. The van der Waals surface area contributed by atoms with Gasteiger partial charge in [-0.3, -0.25) is 0 Å². The molecule has 0 radical (unpaired) electrons. The van der Waals surface area contributed by atoms with E-state index < -0.39 is 11.9 Å². The van der Waals surface area contributed by atoms with Crippen LogP contribution in [0.5, 0.6) is 0 Å². The van der Waals surface area contributed by atoms with Crippen molar-refractivity contribution in [1.82, 2.24) is 0 Å². The van der Waals surface area contributed by atoms with E-state index in [-0.39, 0.29) is 0 Å². The molecule has 0 spiro atoms. The van der Waals surface area contributed by atoms with Crippen LogP contribution in [0.4, 0.5) is 0 Å². The zero-order valence-electron chi connectivity index (χ0n) is 4.56. The summed E-state index contributed by atoms with van der Waals surface area (Å²) in [5.41, 5.74) is 4.46. The van der Waals surface area contributed by atoms with Crippen LogP contribution < -0.4 is 0 Å². The molecule has 0 bridgehead atoms. The molecule has 0 saturated heterocycles. The molecule has 0 aliphatic rings. The van der Waals surface area contributed by atoms with Gasteiger partial charge in [-0.1, -0.05) is 0 Å². The number of hydrogen-bond acceptors (Lipinski definition) is 1. The standard InChI is InChI=1S/C4H11AsS/c1-4-5(2,3)6/h4H2,1-3H3. The van der Waals surface area contributed by atoms with Crippen LogP contribution in [-0.4, -0.2) is 11.9 Å². The first-order valence-corrected chi connectivity index (χ1v) is 9.84. The molecule has 6 heavy (non-hydrogen) atoms. The molecular formula is C4H11AsS. The summed E-state index contributed by atoms with van der Waals surface area (Å²) in [6.45, 7) is 2.18. The van der Waals surface area contributed by atoms with Gasteiger partial charge in [0.05, 0.1) is 0 Å². The Morgan fingerprint density at radius 2 is 1.67 bits per heavy atom. The molecule has 0 aliphatic carbocycles. The Morgan fingerprint density at radius 3 is 1.67 bits per heavy atom. The Labute approximate surface area is 46.2 Å². The number of hydrogen-bond donors (Lipinski definition) is 0. The van der Waals surface area contributed by atoms with E-state index in [0.29, 0.717) is 0 Å². The molecule has 0 rings (SSSR count). The molecule has 2 heteroatoms.